The fraction of sp³-hybridized carbons (Fsp3) is 0.273. The third-order valence-electron chi connectivity index (χ3n) is 2.31. The van der Waals surface area contributed by atoms with E-state index >= 15 is 0 Å². The lowest BCUT2D eigenvalue weighted by molar-refractivity contribution is 0.268. The summed E-state index contributed by atoms with van der Waals surface area (Å²) >= 11 is 9.28. The lowest BCUT2D eigenvalue weighted by atomic mass is 10.3. The SMILES string of the molecule is OCCn1cc(CNc2ccc(Cl)c(Br)c2)nn1. The number of aromatic nitrogens is 3. The third-order valence-corrected chi connectivity index (χ3v) is 3.52. The standard InChI is InChI=1S/C11H12BrClN4O/c12-10-5-8(1-2-11(10)13)14-6-9-7-17(3-4-18)16-15-9/h1-2,5,7,14,18H,3-4,6H2. The number of hydrogen-bond acceptors (Lipinski definition) is 4. The highest BCUT2D eigenvalue weighted by Crippen LogP contribution is 2.25. The van der Waals surface area contributed by atoms with Gasteiger partial charge in [0.15, 0.2) is 0 Å². The fourth-order valence-electron chi connectivity index (χ4n) is 1.43. The van der Waals surface area contributed by atoms with Crippen LogP contribution in [0.15, 0.2) is 28.9 Å². The third kappa shape index (κ3) is 3.44. The zero-order valence-corrected chi connectivity index (χ0v) is 11.8. The summed E-state index contributed by atoms with van der Waals surface area (Å²) in [5.74, 6) is 0. The summed E-state index contributed by atoms with van der Waals surface area (Å²) in [6.07, 6.45) is 1.80. The second kappa shape index (κ2) is 6.17. The molecule has 96 valence electrons. The maximum atomic E-state index is 8.77. The molecule has 5 nitrogen and oxygen atoms in total. The van der Waals surface area contributed by atoms with E-state index in [9.17, 15) is 0 Å². The van der Waals surface area contributed by atoms with Gasteiger partial charge in [-0.2, -0.15) is 0 Å². The number of hydrogen-bond donors (Lipinski definition) is 2. The first-order valence-electron chi connectivity index (χ1n) is 5.38. The van der Waals surface area contributed by atoms with E-state index in [4.69, 9.17) is 16.7 Å². The predicted molar refractivity (Wildman–Crippen MR) is 73.6 cm³/mol. The molecule has 0 atom stereocenters. The molecule has 18 heavy (non-hydrogen) atoms. The molecule has 0 aliphatic rings. The second-order valence-electron chi connectivity index (χ2n) is 3.68. The van der Waals surface area contributed by atoms with E-state index in [1.807, 2.05) is 18.2 Å². The summed E-state index contributed by atoms with van der Waals surface area (Å²) < 4.78 is 2.45. The van der Waals surface area contributed by atoms with E-state index in [-0.39, 0.29) is 6.61 Å². The number of aliphatic hydroxyl groups excluding tert-OH is 1. The minimum absolute atomic E-state index is 0.0559. The molecule has 0 fully saturated rings. The van der Waals surface area contributed by atoms with Crippen LogP contribution in [0.2, 0.25) is 5.02 Å². The van der Waals surface area contributed by atoms with Gasteiger partial charge in [0.25, 0.3) is 0 Å². The molecule has 0 aliphatic carbocycles. The first-order chi connectivity index (χ1) is 8.69. The van der Waals surface area contributed by atoms with Crippen molar-refractivity contribution < 1.29 is 5.11 Å². The van der Waals surface area contributed by atoms with Crippen molar-refractivity contribution in [2.45, 2.75) is 13.1 Å². The highest BCUT2D eigenvalue weighted by Gasteiger charge is 2.02. The number of halogens is 2. The van der Waals surface area contributed by atoms with Crippen LogP contribution in [0.3, 0.4) is 0 Å². The average molecular weight is 332 g/mol. The summed E-state index contributed by atoms with van der Waals surface area (Å²) in [5.41, 5.74) is 1.76. The summed E-state index contributed by atoms with van der Waals surface area (Å²) in [4.78, 5) is 0. The van der Waals surface area contributed by atoms with Crippen molar-refractivity contribution in [2.24, 2.45) is 0 Å². The summed E-state index contributed by atoms with van der Waals surface area (Å²) in [6, 6.07) is 5.61. The fourth-order valence-corrected chi connectivity index (χ4v) is 1.93. The van der Waals surface area contributed by atoms with Crippen molar-refractivity contribution in [1.29, 1.82) is 0 Å². The van der Waals surface area contributed by atoms with Crippen LogP contribution in [-0.2, 0) is 13.1 Å². The maximum Gasteiger partial charge on any atom is 0.102 e. The molecule has 0 saturated carbocycles. The molecule has 1 aromatic heterocycles. The molecule has 2 N–H and O–H groups in total. The van der Waals surface area contributed by atoms with Crippen LogP contribution in [0, 0.1) is 0 Å². The van der Waals surface area contributed by atoms with E-state index in [0.717, 1.165) is 15.9 Å². The second-order valence-corrected chi connectivity index (χ2v) is 4.94. The normalized spacial score (nSPS) is 10.6. The largest absolute Gasteiger partial charge is 0.394 e. The molecule has 0 amide bonds. The molecular weight excluding hydrogens is 320 g/mol. The number of anilines is 1. The van der Waals surface area contributed by atoms with Crippen molar-refractivity contribution in [3.63, 3.8) is 0 Å². The zero-order valence-electron chi connectivity index (χ0n) is 9.48. The van der Waals surface area contributed by atoms with Crippen LogP contribution in [0.1, 0.15) is 5.69 Å². The Bertz CT molecular complexity index is 532. The number of nitrogens with one attached hydrogen (secondary N) is 1. The Morgan fingerprint density at radius 2 is 2.28 bits per heavy atom. The topological polar surface area (TPSA) is 63.0 Å². The highest BCUT2D eigenvalue weighted by molar-refractivity contribution is 9.10. The van der Waals surface area contributed by atoms with Crippen LogP contribution in [-0.4, -0.2) is 26.7 Å². The average Bonchev–Trinajstić information content (AvgIpc) is 2.79. The van der Waals surface area contributed by atoms with Gasteiger partial charge in [0.1, 0.15) is 5.69 Å². The van der Waals surface area contributed by atoms with Crippen molar-refractivity contribution >= 4 is 33.2 Å². The first kappa shape index (κ1) is 13.3. The molecule has 0 aliphatic heterocycles. The van der Waals surface area contributed by atoms with Crippen molar-refractivity contribution in [3.05, 3.63) is 39.6 Å². The number of rotatable bonds is 5. The van der Waals surface area contributed by atoms with E-state index in [1.54, 1.807) is 10.9 Å². The molecule has 0 unspecified atom stereocenters. The Hall–Kier alpha value is -1.11. The monoisotopic (exact) mass is 330 g/mol. The van der Waals surface area contributed by atoms with Crippen LogP contribution in [0.4, 0.5) is 5.69 Å². The zero-order chi connectivity index (χ0) is 13.0. The Labute approximate surface area is 118 Å². The number of benzene rings is 1. The predicted octanol–water partition coefficient (Wildman–Crippen LogP) is 2.30. The van der Waals surface area contributed by atoms with Crippen molar-refractivity contribution in [1.82, 2.24) is 15.0 Å². The van der Waals surface area contributed by atoms with Crippen molar-refractivity contribution in [2.75, 3.05) is 11.9 Å². The minimum Gasteiger partial charge on any atom is -0.394 e. The number of nitrogens with zero attached hydrogens (tertiary/aromatic N) is 3. The summed E-state index contributed by atoms with van der Waals surface area (Å²) in [6.45, 7) is 1.08. The van der Waals surface area contributed by atoms with Gasteiger partial charge in [-0.1, -0.05) is 16.8 Å². The summed E-state index contributed by atoms with van der Waals surface area (Å²) in [5, 5.41) is 20.5. The Balaban J connectivity index is 1.95. The van der Waals surface area contributed by atoms with E-state index in [0.29, 0.717) is 18.1 Å². The van der Waals surface area contributed by atoms with Gasteiger partial charge in [-0.05, 0) is 34.1 Å². The minimum atomic E-state index is 0.0559. The molecule has 2 rings (SSSR count). The Morgan fingerprint density at radius 1 is 1.44 bits per heavy atom. The molecular formula is C11H12BrClN4O. The van der Waals surface area contributed by atoms with Gasteiger partial charge in [-0.3, -0.25) is 0 Å². The first-order valence-corrected chi connectivity index (χ1v) is 6.55. The molecule has 0 bridgehead atoms. The van der Waals surface area contributed by atoms with Gasteiger partial charge in [0.05, 0.1) is 30.9 Å². The van der Waals surface area contributed by atoms with Gasteiger partial charge in [-0.15, -0.1) is 5.10 Å². The van der Waals surface area contributed by atoms with E-state index in [1.165, 1.54) is 0 Å². The molecule has 1 aromatic carbocycles. The molecule has 0 saturated heterocycles. The van der Waals surface area contributed by atoms with Gasteiger partial charge >= 0.3 is 0 Å². The van der Waals surface area contributed by atoms with Gasteiger partial charge in [0, 0.05) is 10.2 Å². The van der Waals surface area contributed by atoms with Crippen molar-refractivity contribution in [3.8, 4) is 0 Å². The quantitative estimate of drug-likeness (QED) is 0.882. The Kier molecular flexibility index (Phi) is 4.57. The summed E-state index contributed by atoms with van der Waals surface area (Å²) in [7, 11) is 0. The highest BCUT2D eigenvalue weighted by atomic mass is 79.9. The van der Waals surface area contributed by atoms with Gasteiger partial charge in [0.2, 0.25) is 0 Å². The van der Waals surface area contributed by atoms with E-state index < -0.39 is 0 Å². The van der Waals surface area contributed by atoms with Gasteiger partial charge in [-0.25, -0.2) is 4.68 Å². The molecule has 2 aromatic rings. The molecule has 0 spiro atoms. The molecule has 0 radical (unpaired) electrons. The molecule has 1 heterocycles. The van der Waals surface area contributed by atoms with Crippen LogP contribution in [0.25, 0.3) is 0 Å². The van der Waals surface area contributed by atoms with Crippen LogP contribution in [0.5, 0.6) is 0 Å². The van der Waals surface area contributed by atoms with Crippen LogP contribution >= 0.6 is 27.5 Å². The maximum absolute atomic E-state index is 8.77. The molecule has 7 heteroatoms. The lowest BCUT2D eigenvalue weighted by Crippen LogP contribution is -2.02. The van der Waals surface area contributed by atoms with Gasteiger partial charge < -0.3 is 10.4 Å². The Morgan fingerprint density at radius 3 is 3.00 bits per heavy atom. The van der Waals surface area contributed by atoms with E-state index in [2.05, 4.69) is 31.6 Å². The van der Waals surface area contributed by atoms with Crippen LogP contribution < -0.4 is 5.32 Å². The number of aliphatic hydroxyl groups is 1. The smallest absolute Gasteiger partial charge is 0.102 e. The lowest BCUT2D eigenvalue weighted by Gasteiger charge is -2.05.